The van der Waals surface area contributed by atoms with Crippen molar-refractivity contribution in [3.63, 3.8) is 0 Å². The van der Waals surface area contributed by atoms with Crippen molar-refractivity contribution in [1.82, 2.24) is 41.4 Å². The topological polar surface area (TPSA) is 415 Å². The first-order valence-electron chi connectivity index (χ1n) is 40.6. The summed E-state index contributed by atoms with van der Waals surface area (Å²) in [5.74, 6) is -2.51. The van der Waals surface area contributed by atoms with E-state index in [0.29, 0.717) is 85.4 Å². The number of carbonyl (C=O) groups excluding carboxylic acids is 11. The van der Waals surface area contributed by atoms with Gasteiger partial charge in [0.2, 0.25) is 35.4 Å². The molecule has 0 saturated heterocycles. The third-order valence-electron chi connectivity index (χ3n) is 21.1. The van der Waals surface area contributed by atoms with Gasteiger partial charge in [-0.05, 0) is 126 Å². The Labute approximate surface area is 704 Å². The molecule has 2 unspecified atom stereocenters. The fourth-order valence-corrected chi connectivity index (χ4v) is 14.5. The molecule has 11 amide bonds. The zero-order valence-corrected chi connectivity index (χ0v) is 68.2. The van der Waals surface area contributed by atoms with E-state index in [1.165, 1.54) is 76.5 Å². The molecule has 6 aromatic rings. The minimum absolute atomic E-state index is 0.00234. The maximum Gasteiger partial charge on any atom is 0.416 e. The van der Waals surface area contributed by atoms with Crippen molar-refractivity contribution in [2.75, 3.05) is 140 Å². The summed E-state index contributed by atoms with van der Waals surface area (Å²) < 4.78 is 47.0. The monoisotopic (exact) mass is 1680 g/mol. The first-order chi connectivity index (χ1) is 59.2. The van der Waals surface area contributed by atoms with E-state index in [9.17, 15) is 53.4 Å². The first kappa shape index (κ1) is 88.4. The Hall–Kier alpha value is -12.9. The number of imide groups is 1. The fraction of sp³-hybridized carbons (Fsp3) is 0.386. The molecule has 0 spiro atoms. The van der Waals surface area contributed by atoms with Gasteiger partial charge >= 0.3 is 6.09 Å². The number of benzene rings is 6. The molecular weight excluding hydrogens is 1580 g/mol. The van der Waals surface area contributed by atoms with Crippen LogP contribution in [0.2, 0.25) is 0 Å². The molecule has 9 N–H and O–H groups in total. The van der Waals surface area contributed by atoms with Gasteiger partial charge in [0.05, 0.1) is 115 Å². The molecule has 15 rings (SSSR count). The second-order valence-corrected chi connectivity index (χ2v) is 29.4. The van der Waals surface area contributed by atoms with Gasteiger partial charge in [-0.25, -0.2) is 15.1 Å². The van der Waals surface area contributed by atoms with Gasteiger partial charge in [-0.2, -0.15) is 5.10 Å². The highest BCUT2D eigenvalue weighted by atomic mass is 16.6. The summed E-state index contributed by atoms with van der Waals surface area (Å²) in [6.45, 7) is 2.29. The predicted molar refractivity (Wildman–Crippen MR) is 449 cm³/mol. The quantitative estimate of drug-likeness (QED) is 0.0278. The van der Waals surface area contributed by atoms with Gasteiger partial charge in [-0.3, -0.25) is 57.7 Å². The summed E-state index contributed by atoms with van der Waals surface area (Å²) >= 11 is 0. The maximum absolute atomic E-state index is 15.1. The van der Waals surface area contributed by atoms with Crippen molar-refractivity contribution >= 4 is 105 Å². The van der Waals surface area contributed by atoms with E-state index in [4.69, 9.17) is 37.9 Å². The molecule has 0 aromatic heterocycles. The molecule has 644 valence electrons. The average Bonchev–Trinajstić information content (AvgIpc) is 1.59. The number of ether oxygens (including phenoxy) is 8. The van der Waals surface area contributed by atoms with Gasteiger partial charge in [-0.1, -0.05) is 79.2 Å². The van der Waals surface area contributed by atoms with Crippen molar-refractivity contribution in [2.24, 2.45) is 5.10 Å². The molecule has 9 aliphatic heterocycles. The number of nitrogens with one attached hydrogen (secondary N) is 7. The highest BCUT2D eigenvalue weighted by Crippen LogP contribution is 2.45. The van der Waals surface area contributed by atoms with E-state index in [-0.39, 0.29) is 211 Å². The number of hydrogen-bond donors (Lipinski definition) is 9. The molecule has 34 heteroatoms. The van der Waals surface area contributed by atoms with Crippen LogP contribution in [0.4, 0.5) is 27.5 Å². The average molecular weight is 1680 g/mol. The van der Waals surface area contributed by atoms with E-state index in [0.717, 1.165) is 27.2 Å². The Morgan fingerprint density at radius 2 is 1.02 bits per heavy atom. The number of hydrogen-bond acceptors (Lipinski definition) is 24. The lowest BCUT2D eigenvalue weighted by molar-refractivity contribution is -0.137. The predicted octanol–water partition coefficient (Wildman–Crippen LogP) is 5.98. The number of anilines is 4. The molecule has 4 atom stereocenters. The number of aliphatic hydroxyl groups excluding tert-OH is 2. The van der Waals surface area contributed by atoms with Gasteiger partial charge < -0.3 is 89.8 Å². The van der Waals surface area contributed by atoms with Crippen LogP contribution in [-0.2, 0) is 65.6 Å². The van der Waals surface area contributed by atoms with E-state index in [1.807, 2.05) is 24.3 Å². The molecule has 9 aliphatic rings. The number of fused-ring (bicyclic) bond motifs is 2. The first-order valence-corrected chi connectivity index (χ1v) is 40.6. The van der Waals surface area contributed by atoms with Crippen molar-refractivity contribution in [3.05, 3.63) is 185 Å². The highest BCUT2D eigenvalue weighted by molar-refractivity contribution is 6.13. The van der Waals surface area contributed by atoms with Crippen LogP contribution in [0.1, 0.15) is 113 Å². The Bertz CT molecular complexity index is 4890. The number of rotatable bonds is 13. The number of aliphatic hydroxyl groups is 2. The molecule has 122 heavy (non-hydrogen) atoms. The largest absolute Gasteiger partial charge is 0.497 e. The van der Waals surface area contributed by atoms with Crippen LogP contribution in [0.25, 0.3) is 11.1 Å². The number of amides is 11. The molecule has 0 radical (unpaired) electrons. The van der Waals surface area contributed by atoms with E-state index >= 15 is 9.59 Å². The van der Waals surface area contributed by atoms with Gasteiger partial charge in [0, 0.05) is 107 Å². The zero-order chi connectivity index (χ0) is 86.0. The SMILES string of the molecule is COc1ccc(C2=C[C@H]3C(O)N4C(=O)OCc5ccc(cc5)NC(=O)CNCCOCCNC(=O)CCC(=O)NCCOCCNCC(=O)Nc5ccc(cc5)CCC(=O)N5c6cc(c(OC)cc6C(=O)N6CC(c7ccc(/C=N/NC(=O)CCCCCN8C(=O)C=CC8=O)cc7)=C[C@H]6C5O)OCCCCCOc5cc4c(cc5OC)C(=O)N3C2)cc1. The van der Waals surface area contributed by atoms with Crippen LogP contribution in [0.15, 0.2) is 151 Å². The van der Waals surface area contributed by atoms with Crippen molar-refractivity contribution < 1.29 is 101 Å². The number of methoxy groups -OCH3 is 3. The van der Waals surface area contributed by atoms with Crippen LogP contribution in [0.5, 0.6) is 28.7 Å². The smallest absolute Gasteiger partial charge is 0.416 e. The van der Waals surface area contributed by atoms with Gasteiger partial charge in [0.1, 0.15) is 12.4 Å². The molecule has 8 bridgehead atoms. The van der Waals surface area contributed by atoms with Crippen molar-refractivity contribution in [2.45, 2.75) is 102 Å². The number of hydrazone groups is 1. The van der Waals surface area contributed by atoms with Crippen molar-refractivity contribution in [1.29, 1.82) is 0 Å². The van der Waals surface area contributed by atoms with Gasteiger partial charge in [0.25, 0.3) is 23.6 Å². The molecular formula is C88H101N13O21. The molecule has 34 nitrogen and oxygen atoms in total. The number of carbonyl (C=O) groups is 11. The molecule has 0 saturated carbocycles. The van der Waals surface area contributed by atoms with Crippen molar-refractivity contribution in [3.8, 4) is 28.7 Å². The molecule has 0 fully saturated rings. The Balaban J connectivity index is 0.733. The summed E-state index contributed by atoms with van der Waals surface area (Å²) in [6.07, 6.45) is 6.55. The third kappa shape index (κ3) is 23.4. The summed E-state index contributed by atoms with van der Waals surface area (Å²) in [7, 11) is 4.39. The van der Waals surface area contributed by atoms with Crippen LogP contribution in [0.3, 0.4) is 0 Å². The molecule has 6 aromatic carbocycles. The number of aryl methyl sites for hydroxylation is 1. The minimum Gasteiger partial charge on any atom is -0.497 e. The standard InChI is InChI=1S/C88H101N13O21/c1-115-65-26-20-60(21-27-65)62-45-71-87(113)101-69-49-75(73(117-3)47-67(69)85(111)99(71)54-62)121-39-9-5-8-38-120-74-48-68-66(46-72(74)116-2)84(110)98-53-61(59-18-11-57(12-19-59)50-93-96-78(104)10-6-4-7-37-97-81(107)31-32-82(97)108)44-70(98)86(112)100(68)83(109)30-17-56-13-22-63(23-14-56)94-79(105)51-89-33-40-118-42-35-91-76(102)28-29-77(103)92-36-43-119-41-34-90-52-80(106)95-64-24-15-58(16-25-64)55-122-88(101)114/h11-16,18-27,31-32,44-50,70-71,86-87,89-90,112-113H,4-10,17,28-30,33-43,51-55H2,1-3H3,(H,91,102)(H,92,103)(H,94,105)(H,95,106)(H,96,104)/b93-50+/t70-,71-,86?,87?/m0/s1. The normalized spacial score (nSPS) is 20.3. The zero-order valence-electron chi connectivity index (χ0n) is 68.2. The fourth-order valence-electron chi connectivity index (χ4n) is 14.5. The van der Waals surface area contributed by atoms with Crippen LogP contribution < -0.4 is 70.8 Å². The Kier molecular flexibility index (Phi) is 31.4. The lowest BCUT2D eigenvalue weighted by atomic mass is 10.0. The molecule has 9 heterocycles. The Morgan fingerprint density at radius 1 is 0.525 bits per heavy atom. The lowest BCUT2D eigenvalue weighted by Crippen LogP contribution is -2.50. The number of nitrogens with zero attached hydrogens (tertiary/aromatic N) is 6. The Morgan fingerprint density at radius 3 is 1.55 bits per heavy atom. The van der Waals surface area contributed by atoms with E-state index in [2.05, 4.69) is 42.4 Å². The van der Waals surface area contributed by atoms with E-state index in [1.54, 1.807) is 92.1 Å². The lowest BCUT2D eigenvalue weighted by Gasteiger charge is -2.32. The minimum atomic E-state index is -1.67. The van der Waals surface area contributed by atoms with Gasteiger partial charge in [-0.15, -0.1) is 0 Å². The maximum atomic E-state index is 15.1. The molecule has 0 aliphatic carbocycles. The van der Waals surface area contributed by atoms with Crippen LogP contribution in [-0.4, -0.2) is 241 Å². The third-order valence-corrected chi connectivity index (χ3v) is 21.1. The van der Waals surface area contributed by atoms with Crippen LogP contribution >= 0.6 is 0 Å². The van der Waals surface area contributed by atoms with Crippen LogP contribution in [0, 0.1) is 0 Å². The summed E-state index contributed by atoms with van der Waals surface area (Å²) in [6, 6.07) is 31.9. The van der Waals surface area contributed by atoms with E-state index < -0.39 is 48.4 Å². The number of unbranched alkanes of at least 4 members (excludes halogenated alkanes) is 2. The summed E-state index contributed by atoms with van der Waals surface area (Å²) in [5, 5.41) is 46.4. The summed E-state index contributed by atoms with van der Waals surface area (Å²) in [5.41, 5.74) is 8.49. The second-order valence-electron chi connectivity index (χ2n) is 29.4. The second kappa shape index (κ2) is 43.4. The van der Waals surface area contributed by atoms with Gasteiger partial charge in [0.15, 0.2) is 35.5 Å². The summed E-state index contributed by atoms with van der Waals surface area (Å²) in [4.78, 5) is 153. The highest BCUT2D eigenvalue weighted by Gasteiger charge is 2.47.